The third-order valence-electron chi connectivity index (χ3n) is 4.83. The Bertz CT molecular complexity index is 667. The van der Waals surface area contributed by atoms with Gasteiger partial charge < -0.3 is 4.74 Å². The van der Waals surface area contributed by atoms with Gasteiger partial charge in [0.2, 0.25) is 0 Å². The minimum absolute atomic E-state index is 0.151. The lowest BCUT2D eigenvalue weighted by molar-refractivity contribution is 0.0175. The van der Waals surface area contributed by atoms with Gasteiger partial charge >= 0.3 is 6.09 Å². The zero-order valence-corrected chi connectivity index (χ0v) is 15.0. The quantitative estimate of drug-likeness (QED) is 0.795. The van der Waals surface area contributed by atoms with Crippen molar-refractivity contribution in [2.45, 2.75) is 71.6 Å². The van der Waals surface area contributed by atoms with Gasteiger partial charge in [0.15, 0.2) is 0 Å². The molecule has 0 radical (unpaired) electrons. The van der Waals surface area contributed by atoms with E-state index in [1.165, 1.54) is 16.8 Å². The summed E-state index contributed by atoms with van der Waals surface area (Å²) in [6.07, 6.45) is 5.03. The van der Waals surface area contributed by atoms with E-state index in [0.717, 1.165) is 25.0 Å². The van der Waals surface area contributed by atoms with E-state index in [4.69, 9.17) is 4.74 Å². The summed E-state index contributed by atoms with van der Waals surface area (Å²) in [6, 6.07) is 0.395. The van der Waals surface area contributed by atoms with Gasteiger partial charge in [-0.15, -0.1) is 0 Å². The van der Waals surface area contributed by atoms with Crippen molar-refractivity contribution in [2.75, 3.05) is 0 Å². The predicted octanol–water partition coefficient (Wildman–Crippen LogP) is 3.59. The van der Waals surface area contributed by atoms with Crippen LogP contribution in [0.25, 0.3) is 5.57 Å². The molecule has 2 bridgehead atoms. The van der Waals surface area contributed by atoms with Crippen LogP contribution in [0.3, 0.4) is 0 Å². The van der Waals surface area contributed by atoms with Crippen molar-refractivity contribution in [3.8, 4) is 0 Å². The number of carbonyl (C=O) groups is 1. The number of carbonyl (C=O) groups excluding carboxylic acids is 1. The number of rotatable bonds is 1. The highest BCUT2D eigenvalue weighted by Crippen LogP contribution is 2.40. The second kappa shape index (κ2) is 5.39. The van der Waals surface area contributed by atoms with Crippen molar-refractivity contribution in [1.29, 1.82) is 0 Å². The van der Waals surface area contributed by atoms with E-state index in [-0.39, 0.29) is 18.2 Å². The van der Waals surface area contributed by atoms with E-state index in [2.05, 4.69) is 25.0 Å². The van der Waals surface area contributed by atoms with Gasteiger partial charge in [-0.2, -0.15) is 5.10 Å². The van der Waals surface area contributed by atoms with E-state index in [0.29, 0.717) is 0 Å². The maximum atomic E-state index is 12.5. The molecule has 1 fully saturated rings. The summed E-state index contributed by atoms with van der Waals surface area (Å²) in [5.41, 5.74) is 4.41. The summed E-state index contributed by atoms with van der Waals surface area (Å²) in [6.45, 7) is 9.92. The first-order chi connectivity index (χ1) is 10.7. The molecule has 126 valence electrons. The van der Waals surface area contributed by atoms with Crippen LogP contribution < -0.4 is 0 Å². The molecule has 0 N–H and O–H groups in total. The van der Waals surface area contributed by atoms with Crippen molar-refractivity contribution in [3.05, 3.63) is 23.0 Å². The first-order valence-electron chi connectivity index (χ1n) is 8.40. The maximum absolute atomic E-state index is 12.5. The Kier molecular flexibility index (Phi) is 3.77. The fourth-order valence-electron chi connectivity index (χ4n) is 3.85. The number of aromatic nitrogens is 2. The minimum atomic E-state index is -0.447. The maximum Gasteiger partial charge on any atom is 0.411 e. The van der Waals surface area contributed by atoms with Crippen LogP contribution in [0.1, 0.15) is 57.0 Å². The van der Waals surface area contributed by atoms with Crippen LogP contribution in [0, 0.1) is 13.8 Å². The van der Waals surface area contributed by atoms with Crippen LogP contribution in [0.2, 0.25) is 0 Å². The molecule has 2 aliphatic heterocycles. The second-order valence-electron chi connectivity index (χ2n) is 7.75. The molecular formula is C18H27N3O2. The van der Waals surface area contributed by atoms with E-state index < -0.39 is 5.60 Å². The molecule has 1 saturated heterocycles. The molecule has 1 amide bonds. The molecule has 2 atom stereocenters. The standard InChI is InChI=1S/C18H27N3O2/c1-11-16(12(2)20(6)19-11)13-9-14-7-8-15(10-13)21(14)17(22)23-18(3,4)5/h9,14-15H,7-8,10H2,1-6H3. The molecule has 0 spiro atoms. The minimum Gasteiger partial charge on any atom is -0.444 e. The Balaban J connectivity index is 1.88. The largest absolute Gasteiger partial charge is 0.444 e. The SMILES string of the molecule is Cc1nn(C)c(C)c1C1=CC2CCC(C1)N2C(=O)OC(C)(C)C. The van der Waals surface area contributed by atoms with Crippen LogP contribution in [-0.2, 0) is 11.8 Å². The fourth-order valence-corrected chi connectivity index (χ4v) is 3.85. The number of hydrogen-bond donors (Lipinski definition) is 0. The van der Waals surface area contributed by atoms with Crippen LogP contribution in [0.4, 0.5) is 4.79 Å². The van der Waals surface area contributed by atoms with E-state index in [9.17, 15) is 4.79 Å². The van der Waals surface area contributed by atoms with Gasteiger partial charge in [0.25, 0.3) is 0 Å². The molecule has 2 unspecified atom stereocenters. The molecule has 3 rings (SSSR count). The van der Waals surface area contributed by atoms with Gasteiger partial charge in [-0.05, 0) is 59.5 Å². The van der Waals surface area contributed by atoms with Gasteiger partial charge in [-0.1, -0.05) is 6.08 Å². The van der Waals surface area contributed by atoms with Crippen molar-refractivity contribution in [3.63, 3.8) is 0 Å². The van der Waals surface area contributed by atoms with Crippen LogP contribution in [0.15, 0.2) is 6.08 Å². The van der Waals surface area contributed by atoms with E-state index >= 15 is 0 Å². The fraction of sp³-hybridized carbons (Fsp3) is 0.667. The molecule has 23 heavy (non-hydrogen) atoms. The summed E-state index contributed by atoms with van der Waals surface area (Å²) in [5, 5.41) is 4.53. The molecule has 0 saturated carbocycles. The highest BCUT2D eigenvalue weighted by molar-refractivity contribution is 5.76. The summed E-state index contributed by atoms with van der Waals surface area (Å²) >= 11 is 0. The van der Waals surface area contributed by atoms with Crippen LogP contribution in [-0.4, -0.2) is 38.5 Å². The van der Waals surface area contributed by atoms with Gasteiger partial charge in [0.05, 0.1) is 11.7 Å². The highest BCUT2D eigenvalue weighted by Gasteiger charge is 2.42. The van der Waals surface area contributed by atoms with Crippen LogP contribution in [0.5, 0.6) is 0 Å². The second-order valence-corrected chi connectivity index (χ2v) is 7.75. The first-order valence-corrected chi connectivity index (χ1v) is 8.40. The molecule has 1 aromatic heterocycles. The number of ether oxygens (including phenoxy) is 1. The number of amides is 1. The Morgan fingerprint density at radius 3 is 2.52 bits per heavy atom. The average molecular weight is 317 g/mol. The third-order valence-corrected chi connectivity index (χ3v) is 4.83. The molecule has 0 aromatic carbocycles. The highest BCUT2D eigenvalue weighted by atomic mass is 16.6. The Morgan fingerprint density at radius 2 is 2.00 bits per heavy atom. The molecule has 5 heteroatoms. The molecule has 3 heterocycles. The number of aryl methyl sites for hydroxylation is 2. The van der Waals surface area contributed by atoms with E-state index in [1.54, 1.807) is 0 Å². The topological polar surface area (TPSA) is 47.4 Å². The summed E-state index contributed by atoms with van der Waals surface area (Å²) in [4.78, 5) is 14.5. The number of fused-ring (bicyclic) bond motifs is 2. The first kappa shape index (κ1) is 16.1. The molecule has 5 nitrogen and oxygen atoms in total. The normalized spacial score (nSPS) is 23.9. The van der Waals surface area contributed by atoms with E-state index in [1.807, 2.05) is 37.4 Å². The van der Waals surface area contributed by atoms with Gasteiger partial charge in [-0.25, -0.2) is 4.79 Å². The summed E-state index contributed by atoms with van der Waals surface area (Å²) in [5.74, 6) is 0. The molecule has 0 aliphatic carbocycles. The van der Waals surface area contributed by atoms with Crippen molar-refractivity contribution in [2.24, 2.45) is 7.05 Å². The Labute approximate surface area is 138 Å². The lowest BCUT2D eigenvalue weighted by Gasteiger charge is -2.35. The van der Waals surface area contributed by atoms with Crippen molar-refractivity contribution >= 4 is 11.7 Å². The zero-order chi connectivity index (χ0) is 16.9. The Hall–Kier alpha value is -1.78. The van der Waals surface area contributed by atoms with Gasteiger partial charge in [0.1, 0.15) is 5.60 Å². The average Bonchev–Trinajstić information content (AvgIpc) is 2.82. The lowest BCUT2D eigenvalue weighted by atomic mass is 9.93. The monoisotopic (exact) mass is 317 g/mol. The predicted molar refractivity (Wildman–Crippen MR) is 90.2 cm³/mol. The smallest absolute Gasteiger partial charge is 0.411 e. The summed E-state index contributed by atoms with van der Waals surface area (Å²) < 4.78 is 7.53. The van der Waals surface area contributed by atoms with Crippen molar-refractivity contribution in [1.82, 2.24) is 14.7 Å². The summed E-state index contributed by atoms with van der Waals surface area (Å²) in [7, 11) is 1.98. The molecular weight excluding hydrogens is 290 g/mol. The Morgan fingerprint density at radius 1 is 1.30 bits per heavy atom. The molecule has 1 aromatic rings. The number of hydrogen-bond acceptors (Lipinski definition) is 3. The third kappa shape index (κ3) is 2.89. The van der Waals surface area contributed by atoms with Gasteiger partial charge in [0, 0.05) is 24.3 Å². The molecule has 2 aliphatic rings. The van der Waals surface area contributed by atoms with Crippen molar-refractivity contribution < 1.29 is 9.53 Å². The lowest BCUT2D eigenvalue weighted by Crippen LogP contribution is -2.45. The number of nitrogens with zero attached hydrogens (tertiary/aromatic N) is 3. The van der Waals surface area contributed by atoms with Crippen LogP contribution >= 0.6 is 0 Å². The van der Waals surface area contributed by atoms with Gasteiger partial charge in [-0.3, -0.25) is 9.58 Å². The zero-order valence-electron chi connectivity index (χ0n) is 15.0.